The van der Waals surface area contributed by atoms with Gasteiger partial charge in [-0.15, -0.1) is 12.3 Å². The van der Waals surface area contributed by atoms with Crippen molar-refractivity contribution in [2.45, 2.75) is 64.5 Å². The lowest BCUT2D eigenvalue weighted by molar-refractivity contribution is -0.0335. The van der Waals surface area contributed by atoms with Crippen LogP contribution in [0.15, 0.2) is 0 Å². The molecule has 1 aliphatic rings. The molecule has 0 bridgehead atoms. The highest BCUT2D eigenvalue weighted by Crippen LogP contribution is 2.28. The molecule has 1 N–H and O–H groups in total. The molecular formula is C17H32N2O. The molecule has 0 spiro atoms. The van der Waals surface area contributed by atoms with Crippen molar-refractivity contribution in [2.75, 3.05) is 32.8 Å². The van der Waals surface area contributed by atoms with Gasteiger partial charge in [0.25, 0.3) is 0 Å². The van der Waals surface area contributed by atoms with Crippen LogP contribution >= 0.6 is 0 Å². The van der Waals surface area contributed by atoms with E-state index in [1.165, 1.54) is 6.42 Å². The van der Waals surface area contributed by atoms with Gasteiger partial charge in [0.1, 0.15) is 0 Å². The molecule has 0 amide bonds. The molecule has 0 aromatic carbocycles. The summed E-state index contributed by atoms with van der Waals surface area (Å²) < 4.78 is 5.51. The van der Waals surface area contributed by atoms with E-state index < -0.39 is 0 Å². The highest BCUT2D eigenvalue weighted by atomic mass is 16.5. The van der Waals surface area contributed by atoms with Crippen molar-refractivity contribution in [3.05, 3.63) is 0 Å². The van der Waals surface area contributed by atoms with Gasteiger partial charge in [0, 0.05) is 31.1 Å². The number of hydrogen-bond acceptors (Lipinski definition) is 3. The van der Waals surface area contributed by atoms with Crippen molar-refractivity contribution in [3.8, 4) is 12.3 Å². The van der Waals surface area contributed by atoms with Crippen molar-refractivity contribution in [3.63, 3.8) is 0 Å². The molecule has 1 saturated heterocycles. The van der Waals surface area contributed by atoms with E-state index in [4.69, 9.17) is 11.2 Å². The topological polar surface area (TPSA) is 24.5 Å². The number of hydrogen-bond donors (Lipinski definition) is 1. The molecule has 3 nitrogen and oxygen atoms in total. The zero-order valence-electron chi connectivity index (χ0n) is 13.6. The van der Waals surface area contributed by atoms with E-state index >= 15 is 0 Å². The third kappa shape index (κ3) is 4.77. The van der Waals surface area contributed by atoms with Gasteiger partial charge in [-0.2, -0.15) is 0 Å². The summed E-state index contributed by atoms with van der Waals surface area (Å²) in [5.41, 5.74) is 0.202. The number of ether oxygens (including phenoxy) is 1. The van der Waals surface area contributed by atoms with Gasteiger partial charge in [-0.05, 0) is 39.2 Å². The van der Waals surface area contributed by atoms with Gasteiger partial charge >= 0.3 is 0 Å². The maximum Gasteiger partial charge on any atom is 0.0594 e. The van der Waals surface area contributed by atoms with E-state index in [0.29, 0.717) is 6.04 Å². The standard InChI is InChI=1S/C17H32N2O/c1-5-8-9-10-16(18-11-6-2)17(4,7-3)19-12-14-20-15-13-19/h1,16,18H,6-15H2,2-4H3. The summed E-state index contributed by atoms with van der Waals surface area (Å²) in [6.07, 6.45) is 10.9. The third-order valence-corrected chi connectivity index (χ3v) is 4.65. The fourth-order valence-corrected chi connectivity index (χ4v) is 3.12. The molecule has 0 radical (unpaired) electrons. The summed E-state index contributed by atoms with van der Waals surface area (Å²) in [5.74, 6) is 2.77. The number of nitrogens with one attached hydrogen (secondary N) is 1. The summed E-state index contributed by atoms with van der Waals surface area (Å²) in [6.45, 7) is 11.8. The van der Waals surface area contributed by atoms with Crippen LogP contribution in [0.3, 0.4) is 0 Å². The largest absolute Gasteiger partial charge is 0.379 e. The lowest BCUT2D eigenvalue weighted by Crippen LogP contribution is -2.61. The van der Waals surface area contributed by atoms with Crippen molar-refractivity contribution in [1.82, 2.24) is 10.2 Å². The smallest absolute Gasteiger partial charge is 0.0594 e. The molecule has 1 aliphatic heterocycles. The Kier molecular flexibility index (Phi) is 8.21. The van der Waals surface area contributed by atoms with Crippen molar-refractivity contribution in [2.24, 2.45) is 0 Å². The maximum absolute atomic E-state index is 5.51. The van der Waals surface area contributed by atoms with Crippen LogP contribution in [0.2, 0.25) is 0 Å². The zero-order valence-corrected chi connectivity index (χ0v) is 13.6. The fourth-order valence-electron chi connectivity index (χ4n) is 3.12. The van der Waals surface area contributed by atoms with Crippen LogP contribution in [-0.4, -0.2) is 49.3 Å². The third-order valence-electron chi connectivity index (χ3n) is 4.65. The van der Waals surface area contributed by atoms with Crippen molar-refractivity contribution >= 4 is 0 Å². The second kappa shape index (κ2) is 9.39. The average molecular weight is 280 g/mol. The second-order valence-electron chi connectivity index (χ2n) is 5.91. The lowest BCUT2D eigenvalue weighted by Gasteiger charge is -2.48. The molecule has 1 fully saturated rings. The Balaban J connectivity index is 2.72. The van der Waals surface area contributed by atoms with Gasteiger partial charge in [-0.1, -0.05) is 13.8 Å². The van der Waals surface area contributed by atoms with Crippen LogP contribution in [-0.2, 0) is 4.74 Å². The minimum Gasteiger partial charge on any atom is -0.379 e. The Morgan fingerprint density at radius 1 is 1.35 bits per heavy atom. The van der Waals surface area contributed by atoms with E-state index in [1.54, 1.807) is 0 Å². The first kappa shape index (κ1) is 17.5. The number of rotatable bonds is 9. The molecule has 20 heavy (non-hydrogen) atoms. The van der Waals surface area contributed by atoms with Gasteiger partial charge in [0.05, 0.1) is 13.2 Å². The highest BCUT2D eigenvalue weighted by molar-refractivity contribution is 4.97. The number of terminal acetylenes is 1. The SMILES string of the molecule is C#CCCCC(NCCC)C(C)(CC)N1CCOCC1. The lowest BCUT2D eigenvalue weighted by atomic mass is 9.83. The Hall–Kier alpha value is -0.560. The zero-order chi connectivity index (χ0) is 14.8. The first-order chi connectivity index (χ1) is 9.69. The van der Waals surface area contributed by atoms with Crippen LogP contribution in [0.25, 0.3) is 0 Å². The van der Waals surface area contributed by atoms with Crippen LogP contribution in [0.1, 0.15) is 52.9 Å². The normalized spacial score (nSPS) is 21.1. The molecule has 0 aliphatic carbocycles. The average Bonchev–Trinajstić information content (AvgIpc) is 2.51. The van der Waals surface area contributed by atoms with Gasteiger partial charge in [0.15, 0.2) is 0 Å². The van der Waals surface area contributed by atoms with Crippen molar-refractivity contribution < 1.29 is 4.74 Å². The Labute approximate surface area is 125 Å². The first-order valence-electron chi connectivity index (χ1n) is 8.18. The van der Waals surface area contributed by atoms with Crippen LogP contribution in [0.5, 0.6) is 0 Å². The van der Waals surface area contributed by atoms with Crippen LogP contribution in [0.4, 0.5) is 0 Å². The Bertz CT molecular complexity index is 294. The van der Waals surface area contributed by atoms with Gasteiger partial charge in [-0.25, -0.2) is 0 Å². The van der Waals surface area contributed by atoms with Gasteiger partial charge in [0.2, 0.25) is 0 Å². The summed E-state index contributed by atoms with van der Waals surface area (Å²) >= 11 is 0. The predicted molar refractivity (Wildman–Crippen MR) is 85.9 cm³/mol. The molecule has 3 heteroatoms. The monoisotopic (exact) mass is 280 g/mol. The van der Waals surface area contributed by atoms with E-state index in [1.807, 2.05) is 0 Å². The Morgan fingerprint density at radius 2 is 2.05 bits per heavy atom. The van der Waals surface area contributed by atoms with E-state index in [-0.39, 0.29) is 5.54 Å². The van der Waals surface area contributed by atoms with E-state index in [2.05, 4.69) is 36.9 Å². The molecule has 0 aromatic rings. The molecule has 0 aromatic heterocycles. The maximum atomic E-state index is 5.51. The number of unbranched alkanes of at least 4 members (excludes halogenated alkanes) is 1. The highest BCUT2D eigenvalue weighted by Gasteiger charge is 2.38. The Morgan fingerprint density at radius 3 is 2.60 bits per heavy atom. The van der Waals surface area contributed by atoms with Gasteiger partial charge < -0.3 is 10.1 Å². The predicted octanol–water partition coefficient (Wildman–Crippen LogP) is 2.66. The minimum atomic E-state index is 0.202. The second-order valence-corrected chi connectivity index (χ2v) is 5.91. The van der Waals surface area contributed by atoms with Crippen molar-refractivity contribution in [1.29, 1.82) is 0 Å². The fraction of sp³-hybridized carbons (Fsp3) is 0.882. The molecular weight excluding hydrogens is 248 g/mol. The quantitative estimate of drug-likeness (QED) is 0.519. The number of nitrogens with zero attached hydrogens (tertiary/aromatic N) is 1. The molecule has 116 valence electrons. The summed E-state index contributed by atoms with van der Waals surface area (Å²) in [4.78, 5) is 2.61. The molecule has 1 rings (SSSR count). The summed E-state index contributed by atoms with van der Waals surface area (Å²) in [5, 5.41) is 3.77. The first-order valence-corrected chi connectivity index (χ1v) is 8.18. The van der Waals surface area contributed by atoms with Gasteiger partial charge in [-0.3, -0.25) is 4.90 Å². The minimum absolute atomic E-state index is 0.202. The number of morpholine rings is 1. The molecule has 2 unspecified atom stereocenters. The van der Waals surface area contributed by atoms with Crippen LogP contribution < -0.4 is 5.32 Å². The molecule has 2 atom stereocenters. The summed E-state index contributed by atoms with van der Waals surface area (Å²) in [7, 11) is 0. The van der Waals surface area contributed by atoms with E-state index in [0.717, 1.165) is 58.5 Å². The molecule has 1 heterocycles. The van der Waals surface area contributed by atoms with E-state index in [9.17, 15) is 0 Å². The summed E-state index contributed by atoms with van der Waals surface area (Å²) in [6, 6.07) is 0.513. The van der Waals surface area contributed by atoms with Crippen LogP contribution in [0, 0.1) is 12.3 Å². The molecule has 0 saturated carbocycles.